The van der Waals surface area contributed by atoms with Gasteiger partial charge in [0.1, 0.15) is 23.0 Å². The number of nitrogens with zero attached hydrogens (tertiary/aromatic N) is 5. The van der Waals surface area contributed by atoms with Crippen molar-refractivity contribution in [3.8, 4) is 33.5 Å². The van der Waals surface area contributed by atoms with Crippen LogP contribution in [0, 0.1) is 23.5 Å². The molecule has 11 nitrogen and oxygen atoms in total. The zero-order chi connectivity index (χ0) is 38.1. The Kier molecular flexibility index (Phi) is 10.1. The Labute approximate surface area is 316 Å². The molecule has 1 saturated carbocycles. The van der Waals surface area contributed by atoms with E-state index in [-0.39, 0.29) is 39.9 Å². The number of aromatic nitrogens is 3. The van der Waals surface area contributed by atoms with E-state index in [1.54, 1.807) is 23.0 Å². The number of nitrogens with one attached hydrogen (secondary N) is 1. The van der Waals surface area contributed by atoms with Crippen LogP contribution in [0.15, 0.2) is 90.2 Å². The Morgan fingerprint density at radius 3 is 2.36 bits per heavy atom. The second-order valence-corrected chi connectivity index (χ2v) is 14.7. The first-order chi connectivity index (χ1) is 26.7. The van der Waals surface area contributed by atoms with Crippen LogP contribution in [0.25, 0.3) is 33.5 Å². The minimum absolute atomic E-state index is 0.0482. The molecule has 0 unspecified atom stereocenters. The molecule has 1 atom stereocenters. The predicted octanol–water partition coefficient (Wildman–Crippen LogP) is 6.83. The van der Waals surface area contributed by atoms with E-state index in [1.165, 1.54) is 36.5 Å². The summed E-state index contributed by atoms with van der Waals surface area (Å²) in [5.74, 6) is -0.929. The molecule has 3 aromatic heterocycles. The second-order valence-electron chi connectivity index (χ2n) is 14.7. The van der Waals surface area contributed by atoms with Crippen LogP contribution < -0.4 is 16.5 Å². The average Bonchev–Trinajstić information content (AvgIpc) is 3.81. The number of benzene rings is 2. The van der Waals surface area contributed by atoms with E-state index >= 15 is 4.39 Å². The van der Waals surface area contributed by atoms with E-state index in [2.05, 4.69) is 15.3 Å². The van der Waals surface area contributed by atoms with Crippen LogP contribution in [0.5, 0.6) is 0 Å². The second kappa shape index (κ2) is 15.4. The van der Waals surface area contributed by atoms with Crippen LogP contribution in [-0.2, 0) is 17.8 Å². The summed E-state index contributed by atoms with van der Waals surface area (Å²) in [6.45, 7) is 4.71. The Morgan fingerprint density at radius 1 is 0.836 bits per heavy atom. The van der Waals surface area contributed by atoms with Crippen LogP contribution in [0.4, 0.5) is 25.1 Å². The van der Waals surface area contributed by atoms with Gasteiger partial charge < -0.3 is 30.2 Å². The fourth-order valence-electron chi connectivity index (χ4n) is 7.46. The lowest BCUT2D eigenvalue weighted by Crippen LogP contribution is -2.35. The molecular weight excluding hydrogens is 705 g/mol. The molecule has 13 heteroatoms. The number of carbonyl (C=O) groups is 2. The summed E-state index contributed by atoms with van der Waals surface area (Å²) in [6, 6.07) is 16.5. The highest BCUT2D eigenvalue weighted by Crippen LogP contribution is 2.33. The molecule has 2 saturated heterocycles. The van der Waals surface area contributed by atoms with Gasteiger partial charge in [0.15, 0.2) is 0 Å². The summed E-state index contributed by atoms with van der Waals surface area (Å²) in [4.78, 5) is 52.3. The van der Waals surface area contributed by atoms with Gasteiger partial charge in [0, 0.05) is 86.2 Å². The molecule has 0 bridgehead atoms. The molecule has 2 aromatic carbocycles. The molecule has 5 heterocycles. The lowest BCUT2D eigenvalue weighted by Gasteiger charge is -2.26. The minimum atomic E-state index is -0.708. The normalized spacial score (nSPS) is 17.1. The molecule has 5 aromatic rings. The van der Waals surface area contributed by atoms with E-state index < -0.39 is 23.0 Å². The summed E-state index contributed by atoms with van der Waals surface area (Å²) < 4.78 is 36.7. The van der Waals surface area contributed by atoms with E-state index in [9.17, 15) is 18.8 Å². The van der Waals surface area contributed by atoms with Crippen molar-refractivity contribution in [2.24, 2.45) is 11.8 Å². The summed E-state index contributed by atoms with van der Waals surface area (Å²) in [7, 11) is 0. The van der Waals surface area contributed by atoms with Crippen molar-refractivity contribution in [2.45, 2.75) is 38.8 Å². The summed E-state index contributed by atoms with van der Waals surface area (Å²) in [5, 5.41) is 2.67. The van der Waals surface area contributed by atoms with Crippen LogP contribution in [0.2, 0.25) is 0 Å². The zero-order valence-corrected chi connectivity index (χ0v) is 30.2. The Bertz CT molecular complexity index is 2290. The smallest absolute Gasteiger partial charge is 0.320 e. The fourth-order valence-corrected chi connectivity index (χ4v) is 7.46. The van der Waals surface area contributed by atoms with E-state index in [0.29, 0.717) is 50.2 Å². The number of nitrogen functional groups attached to an aromatic ring is 1. The number of nitrogens with two attached hydrogens (primary N) is 1. The molecule has 2 aliphatic heterocycles. The largest absolute Gasteiger partial charge is 0.383 e. The van der Waals surface area contributed by atoms with Crippen molar-refractivity contribution in [2.75, 3.05) is 43.9 Å². The summed E-state index contributed by atoms with van der Waals surface area (Å²) in [6.07, 6.45) is 10.0. The van der Waals surface area contributed by atoms with E-state index in [4.69, 9.17) is 10.5 Å². The predicted molar refractivity (Wildman–Crippen MR) is 205 cm³/mol. The molecule has 3 fully saturated rings. The quantitative estimate of drug-likeness (QED) is 0.151. The lowest BCUT2D eigenvalue weighted by atomic mass is 9.85. The van der Waals surface area contributed by atoms with Crippen molar-refractivity contribution in [1.29, 1.82) is 0 Å². The third-order valence-electron chi connectivity index (χ3n) is 10.8. The SMILES string of the molecule is Nc1ncc(-c2ccc(CN3CCN(C[C@H]4CCOC4)C3=O)cc2)cc1-c1ccc(NC(=O)c2cn(CC3CCC3)cc(-c3ccc(F)cn3)c2=O)cc1F. The third-order valence-corrected chi connectivity index (χ3v) is 10.8. The van der Waals surface area contributed by atoms with Crippen molar-refractivity contribution >= 4 is 23.4 Å². The van der Waals surface area contributed by atoms with Gasteiger partial charge in [-0.05, 0) is 72.7 Å². The Balaban J connectivity index is 0.971. The standard InChI is InChI=1S/C42H41F2N7O4/c43-31-8-11-38(46-19-31)35-23-49(20-26-2-1-3-26)24-36(39(35)52)41(53)48-32-9-10-33(37(44)17-32)34-16-30(18-47-40(34)45)29-6-4-27(5-7-29)21-50-13-14-51(42(50)54)22-28-12-15-55-25-28/h4-11,16-19,23-24,26,28H,1-3,12-15,20-22,25H2,(H2,45,47)(H,48,53)/t28-/m1/s1. The van der Waals surface area contributed by atoms with Crippen molar-refractivity contribution in [3.05, 3.63) is 118 Å². The van der Waals surface area contributed by atoms with Gasteiger partial charge in [0.25, 0.3) is 5.91 Å². The van der Waals surface area contributed by atoms with Gasteiger partial charge in [-0.25, -0.2) is 18.6 Å². The highest BCUT2D eigenvalue weighted by atomic mass is 19.1. The molecule has 8 rings (SSSR count). The Morgan fingerprint density at radius 2 is 1.65 bits per heavy atom. The molecule has 1 aliphatic carbocycles. The molecule has 0 radical (unpaired) electrons. The van der Waals surface area contributed by atoms with Crippen molar-refractivity contribution in [1.82, 2.24) is 24.3 Å². The molecule has 282 valence electrons. The number of hydrogen-bond acceptors (Lipinski definition) is 7. The number of rotatable bonds is 11. The third kappa shape index (κ3) is 7.83. The number of anilines is 2. The van der Waals surface area contributed by atoms with Crippen molar-refractivity contribution in [3.63, 3.8) is 0 Å². The molecule has 55 heavy (non-hydrogen) atoms. The van der Waals surface area contributed by atoms with Crippen LogP contribution >= 0.6 is 0 Å². The van der Waals surface area contributed by atoms with E-state index in [1.807, 2.05) is 34.1 Å². The highest BCUT2D eigenvalue weighted by molar-refractivity contribution is 6.04. The summed E-state index contributed by atoms with van der Waals surface area (Å²) >= 11 is 0. The van der Waals surface area contributed by atoms with Crippen LogP contribution in [-0.4, -0.2) is 69.1 Å². The van der Waals surface area contributed by atoms with Crippen LogP contribution in [0.1, 0.15) is 41.6 Å². The minimum Gasteiger partial charge on any atom is -0.383 e. The number of amides is 3. The van der Waals surface area contributed by atoms with Gasteiger partial charge in [0.2, 0.25) is 5.43 Å². The van der Waals surface area contributed by atoms with Gasteiger partial charge in [0.05, 0.1) is 24.1 Å². The number of carbonyl (C=O) groups excluding carboxylic acids is 2. The lowest BCUT2D eigenvalue weighted by molar-refractivity contribution is 0.102. The monoisotopic (exact) mass is 745 g/mol. The molecule has 3 aliphatic rings. The first-order valence-electron chi connectivity index (χ1n) is 18.6. The maximum atomic E-state index is 15.8. The van der Waals surface area contributed by atoms with Gasteiger partial charge in [-0.1, -0.05) is 30.7 Å². The fraction of sp³-hybridized carbons (Fsp3) is 0.310. The number of ether oxygens (including phenoxy) is 1. The molecule has 3 N–H and O–H groups in total. The topological polar surface area (TPSA) is 136 Å². The highest BCUT2D eigenvalue weighted by Gasteiger charge is 2.31. The van der Waals surface area contributed by atoms with Gasteiger partial charge in [-0.2, -0.15) is 0 Å². The Hall–Kier alpha value is -5.95. The first kappa shape index (κ1) is 36.0. The number of urea groups is 1. The zero-order valence-electron chi connectivity index (χ0n) is 30.2. The van der Waals surface area contributed by atoms with Gasteiger partial charge in [-0.15, -0.1) is 0 Å². The van der Waals surface area contributed by atoms with Crippen molar-refractivity contribution < 1.29 is 23.1 Å². The number of pyridine rings is 3. The number of hydrogen-bond donors (Lipinski definition) is 2. The molecule has 0 spiro atoms. The van der Waals surface area contributed by atoms with Crippen LogP contribution in [0.3, 0.4) is 0 Å². The van der Waals surface area contributed by atoms with Gasteiger partial charge >= 0.3 is 6.03 Å². The number of halogens is 2. The summed E-state index contributed by atoms with van der Waals surface area (Å²) in [5.41, 5.74) is 9.24. The maximum Gasteiger partial charge on any atom is 0.320 e. The average molecular weight is 746 g/mol. The maximum absolute atomic E-state index is 15.8. The van der Waals surface area contributed by atoms with Gasteiger partial charge in [-0.3, -0.25) is 14.6 Å². The molecular formula is C42H41F2N7O4. The van der Waals surface area contributed by atoms with E-state index in [0.717, 1.165) is 61.7 Å². The molecule has 3 amide bonds. The first-order valence-corrected chi connectivity index (χ1v) is 18.6.